The molecule has 6 heteroatoms. The van der Waals surface area contributed by atoms with Gasteiger partial charge in [-0.05, 0) is 5.56 Å². The Balaban J connectivity index is 1.29. The number of nitrogens with one attached hydrogen (secondary N) is 1. The fourth-order valence-electron chi connectivity index (χ4n) is 3.25. The lowest BCUT2D eigenvalue weighted by Gasteiger charge is -2.34. The molecule has 1 aromatic heterocycles. The molecule has 0 spiro atoms. The molecule has 1 amide bonds. The number of carbonyl (C=O) groups is 1. The monoisotopic (exact) mass is 373 g/mol. The molecule has 1 aliphatic rings. The van der Waals surface area contributed by atoms with E-state index >= 15 is 0 Å². The van der Waals surface area contributed by atoms with Crippen molar-refractivity contribution in [2.75, 3.05) is 26.2 Å². The Kier molecular flexibility index (Phi) is 5.70. The van der Waals surface area contributed by atoms with Gasteiger partial charge in [-0.25, -0.2) is 15.0 Å². The van der Waals surface area contributed by atoms with Crippen molar-refractivity contribution in [2.45, 2.75) is 6.54 Å². The minimum Gasteiger partial charge on any atom is -0.296 e. The molecule has 28 heavy (non-hydrogen) atoms. The number of hydrogen-bond acceptors (Lipinski definition) is 5. The third-order valence-electron chi connectivity index (χ3n) is 4.83. The summed E-state index contributed by atoms with van der Waals surface area (Å²) in [4.78, 5) is 23.5. The molecule has 142 valence electrons. The van der Waals surface area contributed by atoms with Crippen molar-refractivity contribution in [2.24, 2.45) is 0 Å². The molecule has 0 aliphatic carbocycles. The predicted molar refractivity (Wildman–Crippen MR) is 108 cm³/mol. The molecular formula is C22H23N5O. The zero-order valence-corrected chi connectivity index (χ0v) is 15.7. The van der Waals surface area contributed by atoms with Crippen LogP contribution in [0.4, 0.5) is 0 Å². The van der Waals surface area contributed by atoms with Crippen LogP contribution in [-0.2, 0) is 6.54 Å². The van der Waals surface area contributed by atoms with E-state index in [0.717, 1.165) is 38.3 Å². The van der Waals surface area contributed by atoms with Gasteiger partial charge in [0.2, 0.25) is 0 Å². The second kappa shape index (κ2) is 8.73. The summed E-state index contributed by atoms with van der Waals surface area (Å²) < 4.78 is 0. The highest BCUT2D eigenvalue weighted by molar-refractivity contribution is 5.93. The van der Waals surface area contributed by atoms with Gasteiger partial charge in [0, 0.05) is 50.7 Å². The van der Waals surface area contributed by atoms with Gasteiger partial charge in [-0.15, -0.1) is 0 Å². The summed E-state index contributed by atoms with van der Waals surface area (Å²) in [6.07, 6.45) is 3.16. The van der Waals surface area contributed by atoms with E-state index in [1.165, 1.54) is 5.56 Å². The number of hydrogen-bond donors (Lipinski definition) is 1. The number of hydrazine groups is 1. The van der Waals surface area contributed by atoms with Crippen molar-refractivity contribution in [1.82, 2.24) is 25.3 Å². The average molecular weight is 373 g/mol. The zero-order chi connectivity index (χ0) is 19.2. The van der Waals surface area contributed by atoms with Gasteiger partial charge in [0.1, 0.15) is 0 Å². The molecule has 2 heterocycles. The zero-order valence-electron chi connectivity index (χ0n) is 15.7. The fourth-order valence-corrected chi connectivity index (χ4v) is 3.25. The van der Waals surface area contributed by atoms with Crippen LogP contribution in [-0.4, -0.2) is 52.0 Å². The Bertz CT molecular complexity index is 891. The molecule has 1 aliphatic heterocycles. The fraction of sp³-hybridized carbons (Fsp3) is 0.227. The average Bonchev–Trinajstić information content (AvgIpc) is 2.76. The molecule has 2 aromatic carbocycles. The van der Waals surface area contributed by atoms with Crippen LogP contribution >= 0.6 is 0 Å². The van der Waals surface area contributed by atoms with E-state index < -0.39 is 0 Å². The first-order valence-corrected chi connectivity index (χ1v) is 9.47. The lowest BCUT2D eigenvalue weighted by molar-refractivity contribution is 0.0604. The summed E-state index contributed by atoms with van der Waals surface area (Å²) in [6.45, 7) is 4.36. The van der Waals surface area contributed by atoms with Crippen molar-refractivity contribution >= 4 is 5.91 Å². The van der Waals surface area contributed by atoms with Crippen LogP contribution in [0, 0.1) is 0 Å². The first-order chi connectivity index (χ1) is 13.8. The van der Waals surface area contributed by atoms with Crippen molar-refractivity contribution in [3.8, 4) is 11.4 Å². The number of nitrogens with zero attached hydrogens (tertiary/aromatic N) is 4. The smallest absolute Gasteiger partial charge is 0.268 e. The molecule has 0 bridgehead atoms. The molecule has 0 unspecified atom stereocenters. The quantitative estimate of drug-likeness (QED) is 0.745. The van der Waals surface area contributed by atoms with E-state index in [0.29, 0.717) is 11.4 Å². The van der Waals surface area contributed by atoms with Crippen LogP contribution in [0.1, 0.15) is 15.9 Å². The molecule has 4 rings (SSSR count). The Morgan fingerprint density at radius 1 is 0.857 bits per heavy atom. The van der Waals surface area contributed by atoms with Gasteiger partial charge in [0.15, 0.2) is 5.82 Å². The molecule has 0 saturated carbocycles. The highest BCUT2D eigenvalue weighted by atomic mass is 16.2. The Morgan fingerprint density at radius 3 is 2.11 bits per heavy atom. The molecule has 1 saturated heterocycles. The lowest BCUT2D eigenvalue weighted by Crippen LogP contribution is -2.53. The van der Waals surface area contributed by atoms with Gasteiger partial charge < -0.3 is 0 Å². The van der Waals surface area contributed by atoms with Crippen LogP contribution in [0.25, 0.3) is 11.4 Å². The highest BCUT2D eigenvalue weighted by Gasteiger charge is 2.19. The van der Waals surface area contributed by atoms with Crippen molar-refractivity contribution in [3.63, 3.8) is 0 Å². The predicted octanol–water partition coefficient (Wildman–Crippen LogP) is 2.61. The summed E-state index contributed by atoms with van der Waals surface area (Å²) in [5.74, 6) is 0.447. The molecule has 3 aromatic rings. The van der Waals surface area contributed by atoms with Gasteiger partial charge in [-0.1, -0.05) is 60.7 Å². The molecule has 0 radical (unpaired) electrons. The Morgan fingerprint density at radius 2 is 1.46 bits per heavy atom. The van der Waals surface area contributed by atoms with E-state index in [-0.39, 0.29) is 5.91 Å². The highest BCUT2D eigenvalue weighted by Crippen LogP contribution is 2.13. The second-order valence-electron chi connectivity index (χ2n) is 6.85. The minimum atomic E-state index is -0.170. The van der Waals surface area contributed by atoms with E-state index in [9.17, 15) is 4.79 Å². The number of piperazine rings is 1. The van der Waals surface area contributed by atoms with Crippen molar-refractivity contribution in [1.29, 1.82) is 0 Å². The third kappa shape index (κ3) is 4.60. The SMILES string of the molecule is O=C(NN1CCN(Cc2ccccc2)CC1)c1cnc(-c2ccccc2)nc1. The van der Waals surface area contributed by atoms with E-state index in [1.54, 1.807) is 12.4 Å². The number of amides is 1. The van der Waals surface area contributed by atoms with Crippen LogP contribution in [0.15, 0.2) is 73.1 Å². The summed E-state index contributed by atoms with van der Waals surface area (Å²) in [5, 5.41) is 1.97. The van der Waals surface area contributed by atoms with Crippen LogP contribution < -0.4 is 5.43 Å². The Labute approximate surface area is 164 Å². The molecule has 6 nitrogen and oxygen atoms in total. The molecule has 1 fully saturated rings. The van der Waals surface area contributed by atoms with Gasteiger partial charge in [0.05, 0.1) is 5.56 Å². The third-order valence-corrected chi connectivity index (χ3v) is 4.83. The molecule has 1 N–H and O–H groups in total. The maximum absolute atomic E-state index is 12.5. The minimum absolute atomic E-state index is 0.170. The van der Waals surface area contributed by atoms with E-state index in [4.69, 9.17) is 0 Å². The van der Waals surface area contributed by atoms with Crippen LogP contribution in [0.2, 0.25) is 0 Å². The summed E-state index contributed by atoms with van der Waals surface area (Å²) in [5.41, 5.74) is 5.68. The van der Waals surface area contributed by atoms with Gasteiger partial charge in [0.25, 0.3) is 5.91 Å². The first kappa shape index (κ1) is 18.3. The summed E-state index contributed by atoms with van der Waals surface area (Å²) in [6, 6.07) is 20.2. The van der Waals surface area contributed by atoms with Gasteiger partial charge in [-0.2, -0.15) is 0 Å². The number of carbonyl (C=O) groups excluding carboxylic acids is 1. The van der Waals surface area contributed by atoms with E-state index in [2.05, 4.69) is 44.6 Å². The largest absolute Gasteiger partial charge is 0.296 e. The second-order valence-corrected chi connectivity index (χ2v) is 6.85. The summed E-state index contributed by atoms with van der Waals surface area (Å²) >= 11 is 0. The number of aromatic nitrogens is 2. The summed E-state index contributed by atoms with van der Waals surface area (Å²) in [7, 11) is 0. The topological polar surface area (TPSA) is 61.4 Å². The van der Waals surface area contributed by atoms with Crippen LogP contribution in [0.5, 0.6) is 0 Å². The first-order valence-electron chi connectivity index (χ1n) is 9.47. The maximum Gasteiger partial charge on any atom is 0.268 e. The number of rotatable bonds is 5. The normalized spacial score (nSPS) is 15.3. The Hall–Kier alpha value is -3.09. The molecular weight excluding hydrogens is 350 g/mol. The standard InChI is InChI=1S/C22H23N5O/c28-22(20-15-23-21(24-16-20)19-9-5-2-6-10-19)25-27-13-11-26(12-14-27)17-18-7-3-1-4-8-18/h1-10,15-16H,11-14,17H2,(H,25,28). The lowest BCUT2D eigenvalue weighted by atomic mass is 10.2. The van der Waals surface area contributed by atoms with Gasteiger partial charge in [-0.3, -0.25) is 15.1 Å². The van der Waals surface area contributed by atoms with E-state index in [1.807, 2.05) is 41.4 Å². The van der Waals surface area contributed by atoms with Crippen LogP contribution in [0.3, 0.4) is 0 Å². The molecule has 0 atom stereocenters. The van der Waals surface area contributed by atoms with Crippen molar-refractivity contribution in [3.05, 3.63) is 84.2 Å². The van der Waals surface area contributed by atoms with Crippen molar-refractivity contribution < 1.29 is 4.79 Å². The number of benzene rings is 2. The van der Waals surface area contributed by atoms with Gasteiger partial charge >= 0.3 is 0 Å². The maximum atomic E-state index is 12.5.